The highest BCUT2D eigenvalue weighted by atomic mass is 35.5. The number of benzene rings is 2. The van der Waals surface area contributed by atoms with Gasteiger partial charge in [-0.15, -0.1) is 0 Å². The van der Waals surface area contributed by atoms with Gasteiger partial charge in [0.05, 0.1) is 34.9 Å². The Kier molecular flexibility index (Phi) is 6.45. The van der Waals surface area contributed by atoms with Crippen molar-refractivity contribution in [3.63, 3.8) is 0 Å². The SMILES string of the molecule is C[C@H](Oc1cc(-c2nc3n(n2)CCNC3)c(F)cc1C(=O)Nc1c(F)cccc1Cl)C(F)(F)F. The summed E-state index contributed by atoms with van der Waals surface area (Å²) in [5.41, 5.74) is -1.27. The molecule has 1 aromatic heterocycles. The number of para-hydroxylation sites is 1. The van der Waals surface area contributed by atoms with Gasteiger partial charge in [0.1, 0.15) is 23.2 Å². The Morgan fingerprint density at radius 3 is 2.71 bits per heavy atom. The first kappa shape index (κ1) is 23.9. The molecular weight excluding hydrogens is 485 g/mol. The summed E-state index contributed by atoms with van der Waals surface area (Å²) in [7, 11) is 0. The van der Waals surface area contributed by atoms with Gasteiger partial charge in [-0.2, -0.15) is 18.3 Å². The molecule has 0 spiro atoms. The zero-order valence-electron chi connectivity index (χ0n) is 17.5. The first-order chi connectivity index (χ1) is 16.0. The van der Waals surface area contributed by atoms with Gasteiger partial charge >= 0.3 is 6.18 Å². The highest BCUT2D eigenvalue weighted by Gasteiger charge is 2.39. The number of anilines is 1. The Labute approximate surface area is 194 Å². The van der Waals surface area contributed by atoms with Crippen LogP contribution in [-0.2, 0) is 13.1 Å². The normalized spacial score (nSPS) is 14.4. The van der Waals surface area contributed by atoms with Crippen molar-refractivity contribution in [1.29, 1.82) is 0 Å². The number of hydrogen-bond acceptors (Lipinski definition) is 5. The third-order valence-electron chi connectivity index (χ3n) is 5.05. The van der Waals surface area contributed by atoms with Gasteiger partial charge in [0.25, 0.3) is 5.91 Å². The minimum Gasteiger partial charge on any atom is -0.480 e. The van der Waals surface area contributed by atoms with E-state index in [0.717, 1.165) is 19.1 Å². The Hall–Kier alpha value is -3.25. The summed E-state index contributed by atoms with van der Waals surface area (Å²) in [6.45, 7) is 2.21. The number of ether oxygens (including phenoxy) is 1. The summed E-state index contributed by atoms with van der Waals surface area (Å²) in [6.07, 6.45) is -7.10. The van der Waals surface area contributed by atoms with Crippen LogP contribution in [0, 0.1) is 11.6 Å². The van der Waals surface area contributed by atoms with Crippen molar-refractivity contribution in [2.24, 2.45) is 0 Å². The van der Waals surface area contributed by atoms with Crippen LogP contribution < -0.4 is 15.4 Å². The number of fused-ring (bicyclic) bond motifs is 1. The van der Waals surface area contributed by atoms with Crippen molar-refractivity contribution in [3.8, 4) is 17.1 Å². The van der Waals surface area contributed by atoms with Gasteiger partial charge in [-0.05, 0) is 31.2 Å². The van der Waals surface area contributed by atoms with Crippen LogP contribution in [0.2, 0.25) is 5.02 Å². The molecular formula is C21H17ClF5N5O2. The van der Waals surface area contributed by atoms with E-state index in [1.54, 1.807) is 4.68 Å². The van der Waals surface area contributed by atoms with Gasteiger partial charge < -0.3 is 15.4 Å². The van der Waals surface area contributed by atoms with E-state index in [4.69, 9.17) is 16.3 Å². The maximum Gasteiger partial charge on any atom is 0.425 e. The van der Waals surface area contributed by atoms with Gasteiger partial charge in [-0.1, -0.05) is 17.7 Å². The van der Waals surface area contributed by atoms with Crippen LogP contribution in [0.1, 0.15) is 23.1 Å². The third kappa shape index (κ3) is 4.82. The number of carbonyl (C=O) groups is 1. The predicted octanol–water partition coefficient (Wildman–Crippen LogP) is 4.56. The number of rotatable bonds is 5. The monoisotopic (exact) mass is 501 g/mol. The van der Waals surface area contributed by atoms with Crippen LogP contribution in [0.25, 0.3) is 11.4 Å². The molecule has 0 fully saturated rings. The van der Waals surface area contributed by atoms with E-state index in [1.165, 1.54) is 12.1 Å². The van der Waals surface area contributed by atoms with Gasteiger partial charge in [0.15, 0.2) is 11.9 Å². The standard InChI is InChI=1S/C21H17ClF5N5O2/c1-10(21(25,26)27)34-16-8-11(19-29-17-9-28-5-6-32(17)31-19)15(24)7-12(16)20(33)30-18-13(22)3-2-4-14(18)23/h2-4,7-8,10,28H,5-6,9H2,1H3,(H,30,33)/t10-/m0/s1. The lowest BCUT2D eigenvalue weighted by molar-refractivity contribution is -0.189. The molecule has 2 N–H and O–H groups in total. The number of aromatic nitrogens is 3. The Balaban J connectivity index is 1.76. The molecule has 1 atom stereocenters. The number of nitrogens with zero attached hydrogens (tertiary/aromatic N) is 3. The van der Waals surface area contributed by atoms with E-state index in [1.807, 2.05) is 0 Å². The minimum absolute atomic E-state index is 0.0789. The molecule has 7 nitrogen and oxygen atoms in total. The average molecular weight is 502 g/mol. The van der Waals surface area contributed by atoms with E-state index < -0.39 is 46.8 Å². The largest absolute Gasteiger partial charge is 0.480 e. The second-order valence-corrected chi connectivity index (χ2v) is 7.84. The zero-order chi connectivity index (χ0) is 24.6. The molecule has 3 aromatic rings. The maximum absolute atomic E-state index is 15.0. The molecule has 13 heteroatoms. The summed E-state index contributed by atoms with van der Waals surface area (Å²) < 4.78 is 75.2. The highest BCUT2D eigenvalue weighted by Crippen LogP contribution is 2.34. The summed E-state index contributed by atoms with van der Waals surface area (Å²) in [5.74, 6) is -3.13. The number of alkyl halides is 3. The first-order valence-corrected chi connectivity index (χ1v) is 10.4. The van der Waals surface area contributed by atoms with Crippen LogP contribution >= 0.6 is 11.6 Å². The van der Waals surface area contributed by atoms with Crippen LogP contribution in [0.5, 0.6) is 5.75 Å². The second-order valence-electron chi connectivity index (χ2n) is 7.43. The fourth-order valence-corrected chi connectivity index (χ4v) is 3.45. The molecule has 180 valence electrons. The number of amides is 1. The smallest absolute Gasteiger partial charge is 0.425 e. The fourth-order valence-electron chi connectivity index (χ4n) is 3.24. The van der Waals surface area contributed by atoms with E-state index in [-0.39, 0.29) is 16.4 Å². The molecule has 1 amide bonds. The topological polar surface area (TPSA) is 81.1 Å². The number of halogens is 6. The summed E-state index contributed by atoms with van der Waals surface area (Å²) in [5, 5.41) is 9.27. The van der Waals surface area contributed by atoms with Crippen molar-refractivity contribution in [2.75, 3.05) is 11.9 Å². The molecule has 2 aromatic carbocycles. The third-order valence-corrected chi connectivity index (χ3v) is 5.37. The lowest BCUT2D eigenvalue weighted by Crippen LogP contribution is -2.32. The lowest BCUT2D eigenvalue weighted by Gasteiger charge is -2.20. The fraction of sp³-hybridized carbons (Fsp3) is 0.286. The van der Waals surface area contributed by atoms with Crippen molar-refractivity contribution < 1.29 is 31.5 Å². The Bertz CT molecular complexity index is 1200. The van der Waals surface area contributed by atoms with Crippen LogP contribution in [-0.4, -0.2) is 39.5 Å². The molecule has 34 heavy (non-hydrogen) atoms. The van der Waals surface area contributed by atoms with E-state index in [2.05, 4.69) is 20.7 Å². The van der Waals surface area contributed by atoms with Crippen LogP contribution in [0.15, 0.2) is 30.3 Å². The highest BCUT2D eigenvalue weighted by molar-refractivity contribution is 6.34. The Morgan fingerprint density at radius 1 is 1.26 bits per heavy atom. The molecule has 4 rings (SSSR count). The number of nitrogens with one attached hydrogen (secondary N) is 2. The molecule has 1 aliphatic rings. The quantitative estimate of drug-likeness (QED) is 0.501. The van der Waals surface area contributed by atoms with Crippen molar-refractivity contribution >= 4 is 23.2 Å². The van der Waals surface area contributed by atoms with Crippen molar-refractivity contribution in [2.45, 2.75) is 32.3 Å². The Morgan fingerprint density at radius 2 is 2.03 bits per heavy atom. The van der Waals surface area contributed by atoms with Gasteiger partial charge in [-0.25, -0.2) is 18.4 Å². The summed E-state index contributed by atoms with van der Waals surface area (Å²) in [4.78, 5) is 17.0. The lowest BCUT2D eigenvalue weighted by atomic mass is 10.1. The van der Waals surface area contributed by atoms with Gasteiger partial charge in [0.2, 0.25) is 0 Å². The molecule has 0 unspecified atom stereocenters. The minimum atomic E-state index is -4.77. The van der Waals surface area contributed by atoms with Gasteiger partial charge in [0, 0.05) is 6.54 Å². The molecule has 2 heterocycles. The maximum atomic E-state index is 15.0. The van der Waals surface area contributed by atoms with Crippen molar-refractivity contribution in [1.82, 2.24) is 20.1 Å². The first-order valence-electron chi connectivity index (χ1n) is 10.0. The van der Waals surface area contributed by atoms with Gasteiger partial charge in [-0.3, -0.25) is 4.79 Å². The molecule has 0 bridgehead atoms. The summed E-state index contributed by atoms with van der Waals surface area (Å²) >= 11 is 5.90. The number of carbonyl (C=O) groups excluding carboxylic acids is 1. The predicted molar refractivity (Wildman–Crippen MR) is 113 cm³/mol. The van der Waals surface area contributed by atoms with E-state index in [9.17, 15) is 22.4 Å². The summed E-state index contributed by atoms with van der Waals surface area (Å²) in [6, 6.07) is 5.23. The second kappa shape index (κ2) is 9.18. The van der Waals surface area contributed by atoms with Crippen molar-refractivity contribution in [3.05, 3.63) is 58.4 Å². The molecule has 0 aliphatic carbocycles. The average Bonchev–Trinajstić information content (AvgIpc) is 3.20. The van der Waals surface area contributed by atoms with E-state index >= 15 is 4.39 Å². The number of hydrogen-bond donors (Lipinski definition) is 2. The van der Waals surface area contributed by atoms with Crippen LogP contribution in [0.4, 0.5) is 27.6 Å². The molecule has 1 aliphatic heterocycles. The molecule has 0 saturated carbocycles. The zero-order valence-corrected chi connectivity index (χ0v) is 18.3. The molecule has 0 saturated heterocycles. The molecule has 0 radical (unpaired) electrons. The van der Waals surface area contributed by atoms with E-state index in [0.29, 0.717) is 31.5 Å². The van der Waals surface area contributed by atoms with Crippen LogP contribution in [0.3, 0.4) is 0 Å².